The Morgan fingerprint density at radius 1 is 1.22 bits per heavy atom. The number of hydrogen-bond donors (Lipinski definition) is 2. The van der Waals surface area contributed by atoms with Crippen LogP contribution in [0.1, 0.15) is 10.4 Å². The molecular weight excluding hydrogens is 244 g/mol. The third-order valence-electron chi connectivity index (χ3n) is 2.08. The Bertz CT molecular complexity index is 587. The van der Waals surface area contributed by atoms with E-state index in [4.69, 9.17) is 5.11 Å². The molecule has 2 rings (SSSR count). The lowest BCUT2D eigenvalue weighted by Crippen LogP contribution is -2.03. The van der Waals surface area contributed by atoms with E-state index in [1.165, 1.54) is 6.07 Å². The van der Waals surface area contributed by atoms with Gasteiger partial charge in [-0.2, -0.15) is 0 Å². The number of aromatic nitrogens is 2. The van der Waals surface area contributed by atoms with Gasteiger partial charge in [0.25, 0.3) is 0 Å². The van der Waals surface area contributed by atoms with Gasteiger partial charge in [0.2, 0.25) is 5.95 Å². The molecule has 0 aliphatic carbocycles. The molecule has 0 bridgehead atoms. The number of benzene rings is 1. The smallest absolute Gasteiger partial charge is 0.338 e. The zero-order chi connectivity index (χ0) is 13.1. The van der Waals surface area contributed by atoms with Crippen molar-refractivity contribution in [2.75, 3.05) is 5.32 Å². The van der Waals surface area contributed by atoms with Crippen molar-refractivity contribution in [2.45, 2.75) is 0 Å². The highest BCUT2D eigenvalue weighted by atomic mass is 19.1. The van der Waals surface area contributed by atoms with Crippen molar-refractivity contribution in [1.29, 1.82) is 0 Å². The second kappa shape index (κ2) is 4.74. The van der Waals surface area contributed by atoms with Crippen molar-refractivity contribution in [1.82, 2.24) is 9.97 Å². The average Bonchev–Trinajstić information content (AvgIpc) is 2.33. The number of aromatic carboxylic acids is 1. The average molecular weight is 251 g/mol. The van der Waals surface area contributed by atoms with Gasteiger partial charge in [-0.15, -0.1) is 0 Å². The molecule has 0 saturated carbocycles. The summed E-state index contributed by atoms with van der Waals surface area (Å²) in [6.45, 7) is 0. The maximum atomic E-state index is 13.3. The highest BCUT2D eigenvalue weighted by molar-refractivity contribution is 5.86. The SMILES string of the molecule is O=C(O)c1cnc(Nc2ccc(F)cc2F)nc1. The van der Waals surface area contributed by atoms with E-state index >= 15 is 0 Å². The Labute approximate surface area is 100 Å². The van der Waals surface area contributed by atoms with E-state index in [1.807, 2.05) is 0 Å². The van der Waals surface area contributed by atoms with Crippen molar-refractivity contribution in [3.05, 3.63) is 47.8 Å². The zero-order valence-corrected chi connectivity index (χ0v) is 8.89. The molecule has 0 unspecified atom stereocenters. The van der Waals surface area contributed by atoms with E-state index in [0.717, 1.165) is 18.5 Å². The van der Waals surface area contributed by atoms with Gasteiger partial charge in [-0.1, -0.05) is 0 Å². The van der Waals surface area contributed by atoms with E-state index < -0.39 is 17.6 Å². The summed E-state index contributed by atoms with van der Waals surface area (Å²) in [7, 11) is 0. The van der Waals surface area contributed by atoms with Crippen LogP contribution < -0.4 is 5.32 Å². The van der Waals surface area contributed by atoms with Crippen LogP contribution in [-0.2, 0) is 0 Å². The number of carboxylic acid groups (broad SMARTS) is 1. The molecule has 0 aliphatic heterocycles. The summed E-state index contributed by atoms with van der Waals surface area (Å²) >= 11 is 0. The van der Waals surface area contributed by atoms with E-state index in [1.54, 1.807) is 0 Å². The molecule has 7 heteroatoms. The van der Waals surface area contributed by atoms with Crippen LogP contribution in [0.2, 0.25) is 0 Å². The monoisotopic (exact) mass is 251 g/mol. The van der Waals surface area contributed by atoms with Gasteiger partial charge in [0.1, 0.15) is 11.6 Å². The lowest BCUT2D eigenvalue weighted by atomic mass is 10.3. The number of rotatable bonds is 3. The van der Waals surface area contributed by atoms with Crippen LogP contribution in [-0.4, -0.2) is 21.0 Å². The Kier molecular flexibility index (Phi) is 3.13. The minimum absolute atomic E-state index is 0.000486. The quantitative estimate of drug-likeness (QED) is 0.874. The molecule has 0 atom stereocenters. The van der Waals surface area contributed by atoms with Crippen LogP contribution in [0.4, 0.5) is 20.4 Å². The Balaban J connectivity index is 2.21. The van der Waals surface area contributed by atoms with Crippen LogP contribution in [0, 0.1) is 11.6 Å². The number of anilines is 2. The third kappa shape index (κ3) is 2.57. The van der Waals surface area contributed by atoms with Crippen molar-refractivity contribution in [3.63, 3.8) is 0 Å². The molecule has 1 aromatic heterocycles. The molecule has 1 aromatic carbocycles. The maximum Gasteiger partial charge on any atom is 0.338 e. The molecule has 0 aliphatic rings. The Morgan fingerprint density at radius 2 is 1.89 bits per heavy atom. The van der Waals surface area contributed by atoms with Gasteiger partial charge in [-0.25, -0.2) is 23.5 Å². The summed E-state index contributed by atoms with van der Waals surface area (Å²) in [5.41, 5.74) is -0.0837. The summed E-state index contributed by atoms with van der Waals surface area (Å²) in [5, 5.41) is 11.1. The highest BCUT2D eigenvalue weighted by Crippen LogP contribution is 2.18. The molecule has 2 N–H and O–H groups in total. The fourth-order valence-corrected chi connectivity index (χ4v) is 1.21. The second-order valence-electron chi connectivity index (χ2n) is 3.35. The lowest BCUT2D eigenvalue weighted by molar-refractivity contribution is 0.0696. The molecule has 5 nitrogen and oxygen atoms in total. The molecule has 92 valence electrons. The molecular formula is C11H7F2N3O2. The highest BCUT2D eigenvalue weighted by Gasteiger charge is 2.07. The van der Waals surface area contributed by atoms with E-state index in [-0.39, 0.29) is 17.2 Å². The number of nitrogens with one attached hydrogen (secondary N) is 1. The van der Waals surface area contributed by atoms with Gasteiger partial charge in [0.15, 0.2) is 0 Å². The number of nitrogens with zero attached hydrogens (tertiary/aromatic N) is 2. The second-order valence-corrected chi connectivity index (χ2v) is 3.35. The van der Waals surface area contributed by atoms with Gasteiger partial charge in [-0.05, 0) is 12.1 Å². The van der Waals surface area contributed by atoms with Crippen molar-refractivity contribution >= 4 is 17.6 Å². The standard InChI is InChI=1S/C11H7F2N3O2/c12-7-1-2-9(8(13)3-7)16-11-14-4-6(5-15-11)10(17)18/h1-5H,(H,17,18)(H,14,15,16). The van der Waals surface area contributed by atoms with E-state index in [2.05, 4.69) is 15.3 Å². The van der Waals surface area contributed by atoms with Crippen LogP contribution in [0.3, 0.4) is 0 Å². The van der Waals surface area contributed by atoms with Crippen LogP contribution >= 0.6 is 0 Å². The first-order chi connectivity index (χ1) is 8.56. The van der Waals surface area contributed by atoms with Gasteiger partial charge in [0, 0.05) is 18.5 Å². The molecule has 2 aromatic rings. The predicted octanol–water partition coefficient (Wildman–Crippen LogP) is 2.20. The number of halogens is 2. The summed E-state index contributed by atoms with van der Waals surface area (Å²) in [6.07, 6.45) is 2.16. The van der Waals surface area contributed by atoms with Gasteiger partial charge in [-0.3, -0.25) is 0 Å². The Hall–Kier alpha value is -2.57. The van der Waals surface area contributed by atoms with Gasteiger partial charge in [0.05, 0.1) is 11.3 Å². The molecule has 0 amide bonds. The zero-order valence-electron chi connectivity index (χ0n) is 8.89. The summed E-state index contributed by atoms with van der Waals surface area (Å²) < 4.78 is 26.0. The molecule has 0 saturated heterocycles. The van der Waals surface area contributed by atoms with Crippen molar-refractivity contribution in [3.8, 4) is 0 Å². The van der Waals surface area contributed by atoms with Gasteiger partial charge < -0.3 is 10.4 Å². The summed E-state index contributed by atoms with van der Waals surface area (Å²) in [4.78, 5) is 18.0. The number of carboxylic acids is 1. The van der Waals surface area contributed by atoms with Crippen molar-refractivity contribution in [2.24, 2.45) is 0 Å². The molecule has 0 spiro atoms. The first-order valence-corrected chi connectivity index (χ1v) is 4.83. The van der Waals surface area contributed by atoms with Crippen molar-refractivity contribution < 1.29 is 18.7 Å². The van der Waals surface area contributed by atoms with E-state index in [0.29, 0.717) is 6.07 Å². The first-order valence-electron chi connectivity index (χ1n) is 4.83. The minimum Gasteiger partial charge on any atom is -0.478 e. The fraction of sp³-hybridized carbons (Fsp3) is 0. The van der Waals surface area contributed by atoms with E-state index in [9.17, 15) is 13.6 Å². The summed E-state index contributed by atoms with van der Waals surface area (Å²) in [5.74, 6) is -2.62. The third-order valence-corrected chi connectivity index (χ3v) is 2.08. The normalized spacial score (nSPS) is 10.1. The fourth-order valence-electron chi connectivity index (χ4n) is 1.21. The topological polar surface area (TPSA) is 75.1 Å². The first kappa shape index (κ1) is 11.9. The van der Waals surface area contributed by atoms with Crippen LogP contribution in [0.25, 0.3) is 0 Å². The largest absolute Gasteiger partial charge is 0.478 e. The lowest BCUT2D eigenvalue weighted by Gasteiger charge is -2.05. The minimum atomic E-state index is -1.16. The van der Waals surface area contributed by atoms with Crippen LogP contribution in [0.5, 0.6) is 0 Å². The molecule has 0 radical (unpaired) electrons. The maximum absolute atomic E-state index is 13.3. The summed E-state index contributed by atoms with van der Waals surface area (Å²) in [6, 6.07) is 2.99. The predicted molar refractivity (Wildman–Crippen MR) is 58.6 cm³/mol. The molecule has 18 heavy (non-hydrogen) atoms. The number of hydrogen-bond acceptors (Lipinski definition) is 4. The molecule has 0 fully saturated rings. The van der Waals surface area contributed by atoms with Gasteiger partial charge >= 0.3 is 5.97 Å². The van der Waals surface area contributed by atoms with Crippen LogP contribution in [0.15, 0.2) is 30.6 Å². The number of carbonyl (C=O) groups is 1. The Morgan fingerprint density at radius 3 is 2.44 bits per heavy atom. The molecule has 1 heterocycles.